The van der Waals surface area contributed by atoms with Crippen molar-refractivity contribution in [3.63, 3.8) is 0 Å². The predicted molar refractivity (Wildman–Crippen MR) is 56.2 cm³/mol. The Bertz CT molecular complexity index is 314. The van der Waals surface area contributed by atoms with Crippen LogP contribution < -0.4 is 10.6 Å². The number of hydrogen-bond acceptors (Lipinski definition) is 2. The molecule has 2 fully saturated rings. The number of amides is 3. The van der Waals surface area contributed by atoms with Crippen LogP contribution in [0.25, 0.3) is 0 Å². The molecule has 4 heteroatoms. The van der Waals surface area contributed by atoms with Crippen molar-refractivity contribution in [1.29, 1.82) is 0 Å². The van der Waals surface area contributed by atoms with E-state index in [2.05, 4.69) is 17.2 Å². The average molecular weight is 208 g/mol. The highest BCUT2D eigenvalue weighted by Crippen LogP contribution is 2.38. The molecule has 2 atom stereocenters. The van der Waals surface area contributed by atoms with E-state index in [0.29, 0.717) is 0 Å². The van der Waals surface area contributed by atoms with E-state index in [4.69, 9.17) is 0 Å². The number of imide groups is 1. The van der Waals surface area contributed by atoms with Gasteiger partial charge >= 0.3 is 6.03 Å². The quantitative estimate of drug-likeness (QED) is 0.531. The van der Waals surface area contributed by atoms with E-state index < -0.39 is 5.54 Å². The topological polar surface area (TPSA) is 58.2 Å². The maximum Gasteiger partial charge on any atom is 0.322 e. The lowest BCUT2D eigenvalue weighted by Crippen LogP contribution is -2.54. The molecular formula is C11H16N2O2. The summed E-state index contributed by atoms with van der Waals surface area (Å²) in [6.45, 7) is 3.71. The Morgan fingerprint density at radius 3 is 2.87 bits per heavy atom. The maximum atomic E-state index is 11.8. The minimum Gasteiger partial charge on any atom is -0.323 e. The van der Waals surface area contributed by atoms with E-state index in [9.17, 15) is 9.59 Å². The molecular weight excluding hydrogens is 192 g/mol. The minimum absolute atomic E-state index is 0.154. The fourth-order valence-corrected chi connectivity index (χ4v) is 2.73. The van der Waals surface area contributed by atoms with Crippen molar-refractivity contribution >= 4 is 11.9 Å². The van der Waals surface area contributed by atoms with Crippen LogP contribution in [-0.4, -0.2) is 17.5 Å². The van der Waals surface area contributed by atoms with E-state index in [-0.39, 0.29) is 17.9 Å². The summed E-state index contributed by atoms with van der Waals surface area (Å²) in [5, 5.41) is 5.15. The lowest BCUT2D eigenvalue weighted by molar-refractivity contribution is -0.127. The summed E-state index contributed by atoms with van der Waals surface area (Å²) in [6.07, 6.45) is 6.48. The third-order valence-electron chi connectivity index (χ3n) is 3.49. The second-order valence-corrected chi connectivity index (χ2v) is 4.35. The second kappa shape index (κ2) is 3.68. The molecule has 0 aromatic carbocycles. The Morgan fingerprint density at radius 1 is 1.47 bits per heavy atom. The first-order chi connectivity index (χ1) is 7.19. The molecule has 2 rings (SSSR count). The number of nitrogens with one attached hydrogen (secondary N) is 2. The number of allylic oxidation sites excluding steroid dienone is 1. The van der Waals surface area contributed by atoms with Gasteiger partial charge in [0.15, 0.2) is 0 Å². The summed E-state index contributed by atoms with van der Waals surface area (Å²) < 4.78 is 0. The summed E-state index contributed by atoms with van der Waals surface area (Å²) in [7, 11) is 0. The Balaban J connectivity index is 2.25. The van der Waals surface area contributed by atoms with E-state index >= 15 is 0 Å². The van der Waals surface area contributed by atoms with Gasteiger partial charge in [-0.1, -0.05) is 18.9 Å². The molecule has 0 aromatic heterocycles. The van der Waals surface area contributed by atoms with Crippen molar-refractivity contribution < 1.29 is 9.59 Å². The van der Waals surface area contributed by atoms with Crippen LogP contribution in [0, 0.1) is 5.92 Å². The van der Waals surface area contributed by atoms with Gasteiger partial charge in [0.2, 0.25) is 0 Å². The lowest BCUT2D eigenvalue weighted by Gasteiger charge is -2.38. The Hall–Kier alpha value is -1.32. The van der Waals surface area contributed by atoms with Gasteiger partial charge in [0.25, 0.3) is 5.91 Å². The van der Waals surface area contributed by atoms with Crippen molar-refractivity contribution in [1.82, 2.24) is 10.6 Å². The van der Waals surface area contributed by atoms with Crippen molar-refractivity contribution in [2.75, 3.05) is 0 Å². The number of hydrogen-bond donors (Lipinski definition) is 2. The standard InChI is InChI=1S/C11H16N2O2/c1-2-5-8-6-3-4-7-11(8)9(14)12-10(15)13-11/h2,8H,1,3-7H2,(H2,12,13,14,15)/t8-,11-/m1/s1. The first-order valence-electron chi connectivity index (χ1n) is 5.43. The molecule has 0 radical (unpaired) electrons. The minimum atomic E-state index is -0.649. The molecule has 1 saturated carbocycles. The summed E-state index contributed by atoms with van der Waals surface area (Å²) in [4.78, 5) is 23.0. The van der Waals surface area contributed by atoms with E-state index in [1.54, 1.807) is 0 Å². The zero-order chi connectivity index (χ0) is 10.9. The molecule has 0 bridgehead atoms. The van der Waals surface area contributed by atoms with Gasteiger partial charge in [0.05, 0.1) is 0 Å². The molecule has 4 nitrogen and oxygen atoms in total. The summed E-state index contributed by atoms with van der Waals surface area (Å²) in [5.41, 5.74) is -0.649. The fraction of sp³-hybridized carbons (Fsp3) is 0.636. The fourth-order valence-electron chi connectivity index (χ4n) is 2.73. The van der Waals surface area contributed by atoms with Crippen molar-refractivity contribution in [3.05, 3.63) is 12.7 Å². The number of urea groups is 1. The van der Waals surface area contributed by atoms with E-state index in [1.807, 2.05) is 6.08 Å². The molecule has 1 aliphatic carbocycles. The Labute approximate surface area is 89.1 Å². The summed E-state index contributed by atoms with van der Waals surface area (Å²) >= 11 is 0. The number of carbonyl (C=O) groups is 2. The van der Waals surface area contributed by atoms with Crippen molar-refractivity contribution in [2.24, 2.45) is 5.92 Å². The van der Waals surface area contributed by atoms with Gasteiger partial charge in [-0.3, -0.25) is 10.1 Å². The zero-order valence-corrected chi connectivity index (χ0v) is 8.71. The highest BCUT2D eigenvalue weighted by Gasteiger charge is 2.51. The molecule has 1 saturated heterocycles. The van der Waals surface area contributed by atoms with Gasteiger partial charge in [0, 0.05) is 0 Å². The van der Waals surface area contributed by atoms with Crippen LogP contribution in [0.4, 0.5) is 4.79 Å². The highest BCUT2D eigenvalue weighted by molar-refractivity contribution is 6.07. The number of rotatable bonds is 2. The lowest BCUT2D eigenvalue weighted by atomic mass is 9.71. The Kier molecular flexibility index (Phi) is 2.50. The average Bonchev–Trinajstić information content (AvgIpc) is 2.47. The molecule has 2 aliphatic rings. The van der Waals surface area contributed by atoms with Crippen LogP contribution in [0.15, 0.2) is 12.7 Å². The van der Waals surface area contributed by atoms with Crippen LogP contribution in [-0.2, 0) is 4.79 Å². The van der Waals surface area contributed by atoms with Gasteiger partial charge in [-0.15, -0.1) is 6.58 Å². The predicted octanol–water partition coefficient (Wildman–Crippen LogP) is 1.33. The maximum absolute atomic E-state index is 11.8. The number of carbonyl (C=O) groups excluding carboxylic acids is 2. The van der Waals surface area contributed by atoms with E-state index in [0.717, 1.165) is 32.1 Å². The monoisotopic (exact) mass is 208 g/mol. The van der Waals surface area contributed by atoms with Crippen LogP contribution in [0.1, 0.15) is 32.1 Å². The van der Waals surface area contributed by atoms with Gasteiger partial charge in [-0.25, -0.2) is 4.79 Å². The van der Waals surface area contributed by atoms with Gasteiger partial charge in [0.1, 0.15) is 5.54 Å². The van der Waals surface area contributed by atoms with Crippen LogP contribution in [0.2, 0.25) is 0 Å². The van der Waals surface area contributed by atoms with Crippen LogP contribution >= 0.6 is 0 Å². The van der Waals surface area contributed by atoms with Crippen molar-refractivity contribution in [3.8, 4) is 0 Å². The zero-order valence-electron chi connectivity index (χ0n) is 8.71. The molecule has 1 spiro atoms. The third kappa shape index (κ3) is 1.54. The second-order valence-electron chi connectivity index (χ2n) is 4.35. The van der Waals surface area contributed by atoms with E-state index in [1.165, 1.54) is 0 Å². The normalized spacial score (nSPS) is 35.1. The molecule has 0 aromatic rings. The summed E-state index contributed by atoms with van der Waals surface area (Å²) in [6, 6.07) is -0.351. The first kappa shape index (κ1) is 10.2. The molecule has 3 amide bonds. The first-order valence-corrected chi connectivity index (χ1v) is 5.43. The molecule has 15 heavy (non-hydrogen) atoms. The third-order valence-corrected chi connectivity index (χ3v) is 3.49. The van der Waals surface area contributed by atoms with Crippen LogP contribution in [0.3, 0.4) is 0 Å². The molecule has 2 N–H and O–H groups in total. The largest absolute Gasteiger partial charge is 0.323 e. The molecule has 1 heterocycles. The van der Waals surface area contributed by atoms with Gasteiger partial charge < -0.3 is 5.32 Å². The SMILES string of the molecule is C=CC[C@@H]1CCCC[C@@]12NC(=O)NC2=O. The van der Waals surface area contributed by atoms with Crippen LogP contribution in [0.5, 0.6) is 0 Å². The highest BCUT2D eigenvalue weighted by atomic mass is 16.2. The van der Waals surface area contributed by atoms with Crippen molar-refractivity contribution in [2.45, 2.75) is 37.6 Å². The smallest absolute Gasteiger partial charge is 0.322 e. The van der Waals surface area contributed by atoms with Gasteiger partial charge in [-0.2, -0.15) is 0 Å². The Morgan fingerprint density at radius 2 is 2.27 bits per heavy atom. The molecule has 82 valence electrons. The van der Waals surface area contributed by atoms with Gasteiger partial charge in [-0.05, 0) is 25.2 Å². The molecule has 0 unspecified atom stereocenters. The molecule has 1 aliphatic heterocycles. The summed E-state index contributed by atoms with van der Waals surface area (Å²) in [5.74, 6) is 0.0502.